The van der Waals surface area contributed by atoms with Crippen LogP contribution >= 0.6 is 0 Å². The quantitative estimate of drug-likeness (QED) is 0.566. The molecule has 1 heterocycles. The van der Waals surface area contributed by atoms with E-state index in [-0.39, 0.29) is 41.4 Å². The van der Waals surface area contributed by atoms with Gasteiger partial charge in [0, 0.05) is 12.1 Å². The molecule has 2 saturated carbocycles. The summed E-state index contributed by atoms with van der Waals surface area (Å²) in [6, 6.07) is 14.5. The third-order valence-corrected chi connectivity index (χ3v) is 8.36. The van der Waals surface area contributed by atoms with Crippen LogP contribution in [0.5, 0.6) is 0 Å². The fraction of sp³-hybridized carbons (Fsp3) is 0.393. The first-order valence-corrected chi connectivity index (χ1v) is 11.9. The van der Waals surface area contributed by atoms with Gasteiger partial charge in [-0.25, -0.2) is 0 Å². The highest BCUT2D eigenvalue weighted by molar-refractivity contribution is 6.10. The number of rotatable bonds is 5. The molecule has 5 aliphatic rings. The van der Waals surface area contributed by atoms with Crippen molar-refractivity contribution < 1.29 is 14.4 Å². The third kappa shape index (κ3) is 3.17. The Bertz CT molecular complexity index is 1150. The van der Waals surface area contributed by atoms with Crippen molar-refractivity contribution in [1.82, 2.24) is 4.90 Å². The Morgan fingerprint density at radius 2 is 1.58 bits per heavy atom. The highest BCUT2D eigenvalue weighted by Gasteiger charge is 2.67. The normalized spacial score (nSPS) is 31.9. The maximum Gasteiger partial charge on any atom is 0.248 e. The fourth-order valence-corrected chi connectivity index (χ4v) is 6.47. The van der Waals surface area contributed by atoms with Gasteiger partial charge in [0.05, 0.1) is 11.8 Å². The Morgan fingerprint density at radius 3 is 2.18 bits per heavy atom. The van der Waals surface area contributed by atoms with Gasteiger partial charge < -0.3 is 5.32 Å². The lowest BCUT2D eigenvalue weighted by molar-refractivity contribution is -0.146. The molecule has 2 aromatic carbocycles. The number of likely N-dealkylation sites (tertiary alicyclic amines) is 1. The van der Waals surface area contributed by atoms with E-state index in [2.05, 4.69) is 17.5 Å². The minimum atomic E-state index is -0.865. The van der Waals surface area contributed by atoms with Crippen LogP contribution in [0.25, 0.3) is 0 Å². The number of benzene rings is 2. The Morgan fingerprint density at radius 1 is 0.939 bits per heavy atom. The summed E-state index contributed by atoms with van der Waals surface area (Å²) in [5.74, 6) is 0.126. The number of hydrogen-bond acceptors (Lipinski definition) is 3. The number of nitrogens with zero attached hydrogens (tertiary/aromatic N) is 1. The van der Waals surface area contributed by atoms with Gasteiger partial charge in [0.15, 0.2) is 0 Å². The first-order valence-electron chi connectivity index (χ1n) is 11.9. The first kappa shape index (κ1) is 20.4. The summed E-state index contributed by atoms with van der Waals surface area (Å²) in [5, 5.41) is 2.98. The Labute approximate surface area is 193 Å². The van der Waals surface area contributed by atoms with Crippen molar-refractivity contribution in [2.24, 2.45) is 35.5 Å². The predicted molar refractivity (Wildman–Crippen MR) is 125 cm³/mol. The lowest BCUT2D eigenvalue weighted by Gasteiger charge is -2.37. The van der Waals surface area contributed by atoms with E-state index in [4.69, 9.17) is 0 Å². The van der Waals surface area contributed by atoms with E-state index in [0.717, 1.165) is 23.1 Å². The van der Waals surface area contributed by atoms with E-state index < -0.39 is 6.04 Å². The van der Waals surface area contributed by atoms with Crippen LogP contribution in [0.15, 0.2) is 60.7 Å². The van der Waals surface area contributed by atoms with Crippen molar-refractivity contribution in [3.63, 3.8) is 0 Å². The summed E-state index contributed by atoms with van der Waals surface area (Å²) >= 11 is 0. The maximum absolute atomic E-state index is 13.7. The average molecular weight is 441 g/mol. The lowest BCUT2D eigenvalue weighted by atomic mass is 9.63. The molecule has 33 heavy (non-hydrogen) atoms. The summed E-state index contributed by atoms with van der Waals surface area (Å²) < 4.78 is 0. The van der Waals surface area contributed by atoms with Crippen molar-refractivity contribution in [3.05, 3.63) is 77.4 Å². The van der Waals surface area contributed by atoms with Gasteiger partial charge in [-0.15, -0.1) is 0 Å². The van der Waals surface area contributed by atoms with Crippen molar-refractivity contribution in [3.8, 4) is 0 Å². The molecule has 168 valence electrons. The minimum Gasteiger partial charge on any atom is -0.324 e. The van der Waals surface area contributed by atoms with Gasteiger partial charge in [-0.2, -0.15) is 0 Å². The van der Waals surface area contributed by atoms with Crippen LogP contribution in [0.1, 0.15) is 23.1 Å². The van der Waals surface area contributed by atoms with Crippen molar-refractivity contribution in [2.45, 2.75) is 32.7 Å². The average Bonchev–Trinajstić information content (AvgIpc) is 3.59. The Balaban J connectivity index is 1.33. The fourth-order valence-electron chi connectivity index (χ4n) is 6.47. The zero-order chi connectivity index (χ0) is 22.9. The van der Waals surface area contributed by atoms with Crippen LogP contribution in [-0.4, -0.2) is 28.7 Å². The Kier molecular flexibility index (Phi) is 4.58. The van der Waals surface area contributed by atoms with Gasteiger partial charge >= 0.3 is 0 Å². The molecule has 1 N–H and O–H groups in total. The van der Waals surface area contributed by atoms with Crippen molar-refractivity contribution in [2.75, 3.05) is 5.32 Å². The molecule has 7 atom stereocenters. The predicted octanol–water partition coefficient (Wildman–Crippen LogP) is 3.91. The van der Waals surface area contributed by atoms with Gasteiger partial charge in [-0.05, 0) is 72.8 Å². The van der Waals surface area contributed by atoms with Crippen LogP contribution in [0.3, 0.4) is 0 Å². The lowest BCUT2D eigenvalue weighted by Crippen LogP contribution is -2.49. The molecular weight excluding hydrogens is 412 g/mol. The van der Waals surface area contributed by atoms with E-state index in [1.807, 2.05) is 62.4 Å². The molecule has 5 heteroatoms. The number of imide groups is 1. The van der Waals surface area contributed by atoms with Crippen LogP contribution in [0, 0.1) is 49.4 Å². The number of nitrogens with one attached hydrogen (secondary N) is 1. The van der Waals surface area contributed by atoms with Crippen LogP contribution in [-0.2, 0) is 20.8 Å². The number of carbonyl (C=O) groups excluding carboxylic acids is 3. The molecule has 2 bridgehead atoms. The van der Waals surface area contributed by atoms with Gasteiger partial charge in [0.1, 0.15) is 6.04 Å². The second-order valence-corrected chi connectivity index (χ2v) is 10.2. The SMILES string of the molecule is Cc1ccc(NC(=O)[C@@H](Cc2ccccc2)N2C(=O)[C@@H]3[C@@H]4C=C[C@H]([C@H]5C[C@H]45)[C@@H]3C2=O)cc1C. The molecule has 5 nitrogen and oxygen atoms in total. The second kappa shape index (κ2) is 7.41. The molecule has 3 fully saturated rings. The second-order valence-electron chi connectivity index (χ2n) is 10.2. The van der Waals surface area contributed by atoms with Gasteiger partial charge in [-0.1, -0.05) is 48.6 Å². The molecular formula is C28H28N2O3. The van der Waals surface area contributed by atoms with E-state index in [1.54, 1.807) is 0 Å². The van der Waals surface area contributed by atoms with Gasteiger partial charge in [-0.3, -0.25) is 19.3 Å². The number of allylic oxidation sites excluding steroid dienone is 2. The summed E-state index contributed by atoms with van der Waals surface area (Å²) in [7, 11) is 0. The largest absolute Gasteiger partial charge is 0.324 e. The molecule has 1 saturated heterocycles. The number of amides is 3. The number of aryl methyl sites for hydroxylation is 2. The molecule has 0 unspecified atom stereocenters. The zero-order valence-corrected chi connectivity index (χ0v) is 18.9. The minimum absolute atomic E-state index is 0.145. The topological polar surface area (TPSA) is 66.5 Å². The van der Waals surface area contributed by atoms with Crippen molar-refractivity contribution >= 4 is 23.4 Å². The molecule has 2 aromatic rings. The first-order chi connectivity index (χ1) is 15.9. The zero-order valence-electron chi connectivity index (χ0n) is 18.9. The molecule has 0 radical (unpaired) electrons. The maximum atomic E-state index is 13.7. The molecule has 7 rings (SSSR count). The number of carbonyl (C=O) groups is 3. The van der Waals surface area contributed by atoms with Crippen LogP contribution in [0.4, 0.5) is 5.69 Å². The molecule has 0 aromatic heterocycles. The van der Waals surface area contributed by atoms with E-state index >= 15 is 0 Å². The van der Waals surface area contributed by atoms with Gasteiger partial charge in [0.2, 0.25) is 17.7 Å². The van der Waals surface area contributed by atoms with E-state index in [9.17, 15) is 14.4 Å². The van der Waals surface area contributed by atoms with E-state index in [1.165, 1.54) is 4.90 Å². The monoisotopic (exact) mass is 440 g/mol. The smallest absolute Gasteiger partial charge is 0.248 e. The third-order valence-electron chi connectivity index (χ3n) is 8.36. The molecule has 4 aliphatic carbocycles. The molecule has 0 spiro atoms. The number of hydrogen-bond donors (Lipinski definition) is 1. The van der Waals surface area contributed by atoms with Crippen LogP contribution in [0.2, 0.25) is 0 Å². The molecule has 1 aliphatic heterocycles. The highest BCUT2D eigenvalue weighted by atomic mass is 16.2. The van der Waals surface area contributed by atoms with E-state index in [0.29, 0.717) is 23.9 Å². The summed E-state index contributed by atoms with van der Waals surface area (Å²) in [4.78, 5) is 42.3. The standard InChI is InChI=1S/C28H28N2O3/c1-15-8-9-18(12-16(15)2)29-26(31)23(13-17-6-4-3-5-7-17)30-27(32)24-19-10-11-20(22-14-21(19)22)25(24)28(30)33/h3-12,19-25H,13-14H2,1-2H3,(H,29,31)/t19-,20-,21-,22-,23-,24-,25+/m1/s1. The highest BCUT2D eigenvalue weighted by Crippen LogP contribution is 2.65. The number of anilines is 1. The van der Waals surface area contributed by atoms with Crippen molar-refractivity contribution in [1.29, 1.82) is 0 Å². The summed E-state index contributed by atoms with van der Waals surface area (Å²) in [6.45, 7) is 4.02. The summed E-state index contributed by atoms with van der Waals surface area (Å²) in [5.41, 5.74) is 3.83. The molecule has 3 amide bonds. The van der Waals surface area contributed by atoms with Gasteiger partial charge in [0.25, 0.3) is 0 Å². The van der Waals surface area contributed by atoms with Crippen LogP contribution < -0.4 is 5.32 Å². The Hall–Kier alpha value is -3.21. The summed E-state index contributed by atoms with van der Waals surface area (Å²) in [6.07, 6.45) is 5.76.